The van der Waals surface area contributed by atoms with Crippen molar-refractivity contribution < 1.29 is 17.6 Å². The van der Waals surface area contributed by atoms with Crippen molar-refractivity contribution in [2.24, 2.45) is 5.41 Å². The number of benzene rings is 1. The van der Waals surface area contributed by atoms with Crippen molar-refractivity contribution in [3.8, 4) is 0 Å². The Morgan fingerprint density at radius 1 is 1.36 bits per heavy atom. The molecule has 1 aliphatic carbocycles. The lowest BCUT2D eigenvalue weighted by Gasteiger charge is -2.60. The molecule has 1 aliphatic heterocycles. The first kappa shape index (κ1) is 20.7. The molecule has 5 nitrogen and oxygen atoms in total. The van der Waals surface area contributed by atoms with Gasteiger partial charge < -0.3 is 4.90 Å². The highest BCUT2D eigenvalue weighted by molar-refractivity contribution is 7.89. The second kappa shape index (κ2) is 7.79. The predicted molar refractivity (Wildman–Crippen MR) is 107 cm³/mol. The Labute approximate surface area is 166 Å². The molecular formula is C21H27FN2O3S. The molecule has 1 heterocycles. The van der Waals surface area contributed by atoms with E-state index in [9.17, 15) is 17.6 Å². The van der Waals surface area contributed by atoms with Gasteiger partial charge in [0.1, 0.15) is 10.7 Å². The smallest absolute Gasteiger partial charge is 0.246 e. The summed E-state index contributed by atoms with van der Waals surface area (Å²) in [5.41, 5.74) is -0.110. The molecule has 0 aromatic heterocycles. The standard InChI is InChI=1S/C21H27FN2O3S/c1-4-6-9-16(3)24(20(25)5-2)17-12-21(13-17)14-23(15-21)28(26,27)19-11-8-7-10-18(19)22/h4-5,7-8,10-11,16-17H,1-2,6,9,12-15H2,3H3. The van der Waals surface area contributed by atoms with Crippen molar-refractivity contribution in [1.29, 1.82) is 0 Å². The average Bonchev–Trinajstić information content (AvgIpc) is 2.59. The van der Waals surface area contributed by atoms with Gasteiger partial charge in [-0.3, -0.25) is 4.79 Å². The predicted octanol–water partition coefficient (Wildman–Crippen LogP) is 3.35. The number of rotatable bonds is 8. The summed E-state index contributed by atoms with van der Waals surface area (Å²) >= 11 is 0. The largest absolute Gasteiger partial charge is 0.333 e. The summed E-state index contributed by atoms with van der Waals surface area (Å²) < 4.78 is 40.6. The van der Waals surface area contributed by atoms with Crippen LogP contribution in [-0.4, -0.2) is 48.7 Å². The molecule has 7 heteroatoms. The summed E-state index contributed by atoms with van der Waals surface area (Å²) in [7, 11) is -3.82. The average molecular weight is 407 g/mol. The molecule has 0 bridgehead atoms. The van der Waals surface area contributed by atoms with Crippen LogP contribution in [0.5, 0.6) is 0 Å². The molecule has 2 fully saturated rings. The zero-order chi connectivity index (χ0) is 20.5. The van der Waals surface area contributed by atoms with Gasteiger partial charge in [-0.2, -0.15) is 4.31 Å². The zero-order valence-electron chi connectivity index (χ0n) is 16.2. The molecule has 1 spiro atoms. The SMILES string of the molecule is C=CCCC(C)N(C(=O)C=C)C1CC2(C1)CN(S(=O)(=O)c1ccccc1F)C2. The first-order valence-corrected chi connectivity index (χ1v) is 11.0. The molecule has 1 aromatic rings. The van der Waals surface area contributed by atoms with E-state index in [1.807, 2.05) is 17.9 Å². The normalized spacial score (nSPS) is 20.1. The topological polar surface area (TPSA) is 57.7 Å². The lowest BCUT2D eigenvalue weighted by molar-refractivity contribution is -0.142. The van der Waals surface area contributed by atoms with E-state index in [1.54, 1.807) is 0 Å². The summed E-state index contributed by atoms with van der Waals surface area (Å²) in [6, 6.07) is 5.61. The zero-order valence-corrected chi connectivity index (χ0v) is 17.0. The fraction of sp³-hybridized carbons (Fsp3) is 0.476. The monoisotopic (exact) mass is 406 g/mol. The van der Waals surface area contributed by atoms with Crippen LogP contribution >= 0.6 is 0 Å². The number of carbonyl (C=O) groups excluding carboxylic acids is 1. The Hall–Kier alpha value is -1.99. The molecule has 152 valence electrons. The van der Waals surface area contributed by atoms with Crippen LogP contribution in [0.25, 0.3) is 0 Å². The van der Waals surface area contributed by atoms with Crippen LogP contribution in [0.4, 0.5) is 4.39 Å². The van der Waals surface area contributed by atoms with Crippen LogP contribution in [0, 0.1) is 11.2 Å². The van der Waals surface area contributed by atoms with Crippen molar-refractivity contribution in [3.63, 3.8) is 0 Å². The van der Waals surface area contributed by atoms with E-state index in [4.69, 9.17) is 0 Å². The minimum atomic E-state index is -3.82. The molecule has 1 saturated carbocycles. The summed E-state index contributed by atoms with van der Waals surface area (Å²) in [4.78, 5) is 13.9. The van der Waals surface area contributed by atoms with Crippen LogP contribution in [0.3, 0.4) is 0 Å². The van der Waals surface area contributed by atoms with Gasteiger partial charge in [0.15, 0.2) is 0 Å². The van der Waals surface area contributed by atoms with Gasteiger partial charge in [0.25, 0.3) is 0 Å². The quantitative estimate of drug-likeness (QED) is 0.491. The second-order valence-corrected chi connectivity index (χ2v) is 9.84. The Kier molecular flexibility index (Phi) is 5.77. The Bertz CT molecular complexity index is 869. The summed E-state index contributed by atoms with van der Waals surface area (Å²) in [6.45, 7) is 10.1. The number of hydrogen-bond acceptors (Lipinski definition) is 3. The van der Waals surface area contributed by atoms with E-state index in [0.717, 1.165) is 31.7 Å². The maximum Gasteiger partial charge on any atom is 0.246 e. The minimum absolute atomic E-state index is 0.0733. The number of nitrogens with zero attached hydrogens (tertiary/aromatic N) is 2. The Morgan fingerprint density at radius 3 is 2.57 bits per heavy atom. The molecule has 1 amide bonds. The van der Waals surface area contributed by atoms with Crippen molar-refractivity contribution in [3.05, 3.63) is 55.4 Å². The number of carbonyl (C=O) groups is 1. The van der Waals surface area contributed by atoms with E-state index < -0.39 is 15.8 Å². The van der Waals surface area contributed by atoms with Crippen molar-refractivity contribution in [2.45, 2.75) is 49.6 Å². The molecule has 3 rings (SSSR count). The van der Waals surface area contributed by atoms with Crippen molar-refractivity contribution in [2.75, 3.05) is 13.1 Å². The molecule has 1 unspecified atom stereocenters. The maximum absolute atomic E-state index is 13.9. The van der Waals surface area contributed by atoms with E-state index in [-0.39, 0.29) is 28.3 Å². The Morgan fingerprint density at radius 2 is 2.00 bits per heavy atom. The number of sulfonamides is 1. The third-order valence-corrected chi connectivity index (χ3v) is 7.73. The second-order valence-electron chi connectivity index (χ2n) is 7.93. The van der Waals surface area contributed by atoms with Crippen LogP contribution in [0.2, 0.25) is 0 Å². The fourth-order valence-electron chi connectivity index (χ4n) is 4.42. The first-order valence-electron chi connectivity index (χ1n) is 9.54. The molecule has 1 saturated heterocycles. The van der Waals surface area contributed by atoms with Crippen LogP contribution in [0.1, 0.15) is 32.6 Å². The highest BCUT2D eigenvalue weighted by atomic mass is 32.2. The number of allylic oxidation sites excluding steroid dienone is 1. The molecule has 1 aromatic carbocycles. The van der Waals surface area contributed by atoms with E-state index in [2.05, 4.69) is 13.2 Å². The summed E-state index contributed by atoms with van der Waals surface area (Å²) in [5.74, 6) is -0.819. The summed E-state index contributed by atoms with van der Waals surface area (Å²) in [5, 5.41) is 0. The van der Waals surface area contributed by atoms with Gasteiger partial charge in [0, 0.05) is 30.6 Å². The van der Waals surface area contributed by atoms with Gasteiger partial charge in [-0.15, -0.1) is 6.58 Å². The Balaban J connectivity index is 1.63. The van der Waals surface area contributed by atoms with Gasteiger partial charge in [0.2, 0.25) is 15.9 Å². The van der Waals surface area contributed by atoms with E-state index in [0.29, 0.717) is 13.1 Å². The van der Waals surface area contributed by atoms with Crippen LogP contribution < -0.4 is 0 Å². The fourth-order valence-corrected chi connectivity index (χ4v) is 6.15. The van der Waals surface area contributed by atoms with Gasteiger partial charge in [0.05, 0.1) is 0 Å². The number of halogens is 1. The lowest BCUT2D eigenvalue weighted by atomic mass is 9.61. The molecule has 0 radical (unpaired) electrons. The molecule has 0 N–H and O–H groups in total. The highest BCUT2D eigenvalue weighted by Gasteiger charge is 2.57. The van der Waals surface area contributed by atoms with Gasteiger partial charge >= 0.3 is 0 Å². The molecule has 1 atom stereocenters. The van der Waals surface area contributed by atoms with Crippen molar-refractivity contribution >= 4 is 15.9 Å². The highest BCUT2D eigenvalue weighted by Crippen LogP contribution is 2.52. The van der Waals surface area contributed by atoms with Gasteiger partial charge in [-0.1, -0.05) is 24.8 Å². The van der Waals surface area contributed by atoms with E-state index >= 15 is 0 Å². The van der Waals surface area contributed by atoms with Gasteiger partial charge in [-0.25, -0.2) is 12.8 Å². The van der Waals surface area contributed by atoms with Crippen molar-refractivity contribution in [1.82, 2.24) is 9.21 Å². The molecule has 28 heavy (non-hydrogen) atoms. The van der Waals surface area contributed by atoms with Crippen LogP contribution in [0.15, 0.2) is 54.5 Å². The molecular weight excluding hydrogens is 379 g/mol. The number of amides is 1. The molecule has 2 aliphatic rings. The van der Waals surface area contributed by atoms with E-state index in [1.165, 1.54) is 28.6 Å². The summed E-state index contributed by atoms with van der Waals surface area (Å²) in [6.07, 6.45) is 6.36. The maximum atomic E-state index is 13.9. The number of hydrogen-bond donors (Lipinski definition) is 0. The first-order chi connectivity index (χ1) is 13.2. The third-order valence-electron chi connectivity index (χ3n) is 5.90. The lowest BCUT2D eigenvalue weighted by Crippen LogP contribution is -2.68. The van der Waals surface area contributed by atoms with Crippen LogP contribution in [-0.2, 0) is 14.8 Å². The third kappa shape index (κ3) is 3.65. The minimum Gasteiger partial charge on any atom is -0.333 e. The van der Waals surface area contributed by atoms with Gasteiger partial charge in [-0.05, 0) is 50.8 Å².